The molecule has 0 unspecified atom stereocenters. The summed E-state index contributed by atoms with van der Waals surface area (Å²) in [6.45, 7) is 11.8. The number of benzene rings is 1. The van der Waals surface area contributed by atoms with E-state index in [1.807, 2.05) is 53.7 Å². The van der Waals surface area contributed by atoms with Gasteiger partial charge >= 0.3 is 0 Å². The van der Waals surface area contributed by atoms with Crippen LogP contribution >= 0.6 is 0 Å². The Kier molecular flexibility index (Phi) is 7.03. The molecule has 0 amide bonds. The molecule has 0 bridgehead atoms. The summed E-state index contributed by atoms with van der Waals surface area (Å²) in [7, 11) is 0. The van der Waals surface area contributed by atoms with Crippen LogP contribution in [0.1, 0.15) is 53.5 Å². The highest BCUT2D eigenvalue weighted by Crippen LogP contribution is 2.28. The lowest BCUT2D eigenvalue weighted by atomic mass is 10.1. The second-order valence-electron chi connectivity index (χ2n) is 6.91. The van der Waals surface area contributed by atoms with Gasteiger partial charge in [0.25, 0.3) is 0 Å². The summed E-state index contributed by atoms with van der Waals surface area (Å²) in [4.78, 5) is 0. The number of rotatable bonds is 7. The predicted molar refractivity (Wildman–Crippen MR) is 92.7 cm³/mol. The molecule has 1 aromatic carbocycles. The minimum absolute atomic E-state index is 0.0240. The average Bonchev–Trinajstić information content (AvgIpc) is 2.38. The molecule has 1 rings (SSSR count). The van der Waals surface area contributed by atoms with Crippen molar-refractivity contribution in [3.8, 4) is 11.5 Å². The zero-order valence-corrected chi connectivity index (χ0v) is 15.3. The summed E-state index contributed by atoms with van der Waals surface area (Å²) in [5.74, 6) is 0.684. The lowest BCUT2D eigenvalue weighted by molar-refractivity contribution is 0.231. The first-order chi connectivity index (χ1) is 10.1. The number of aryl methyl sites for hydroxylation is 1. The average molecular weight is 327 g/mol. The van der Waals surface area contributed by atoms with Gasteiger partial charge in [-0.25, -0.2) is 0 Å². The number of hydrogen-bond donors (Lipinski definition) is 2. The van der Waals surface area contributed by atoms with Crippen LogP contribution in [-0.2, 0) is 17.8 Å². The highest BCUT2D eigenvalue weighted by Gasteiger charge is 2.27. The first-order valence-electron chi connectivity index (χ1n) is 7.76. The van der Waals surface area contributed by atoms with Crippen LogP contribution in [0.3, 0.4) is 0 Å². The van der Waals surface area contributed by atoms with Crippen LogP contribution in [0.2, 0.25) is 0 Å². The maximum Gasteiger partial charge on any atom is 0.161 e. The standard InChI is InChI=1S/C17H29NO3S/c1-12(2)21-16-11-14(9-10-15(16)19)8-7-13(3)18-22(20)17(4,5)6/h9-13,18-19H,7-8H2,1-6H3/t13-,22-/m1/s1. The molecule has 0 aliphatic rings. The molecule has 0 heterocycles. The lowest BCUT2D eigenvalue weighted by Crippen LogP contribution is -2.43. The normalized spacial score (nSPS) is 14.9. The van der Waals surface area contributed by atoms with Crippen molar-refractivity contribution in [1.82, 2.24) is 4.72 Å². The van der Waals surface area contributed by atoms with Gasteiger partial charge in [0.05, 0.1) is 12.1 Å². The largest absolute Gasteiger partial charge is 0.598 e. The molecule has 0 aromatic heterocycles. The molecule has 5 heteroatoms. The van der Waals surface area contributed by atoms with E-state index < -0.39 is 11.4 Å². The third-order valence-electron chi connectivity index (χ3n) is 3.12. The van der Waals surface area contributed by atoms with Crippen molar-refractivity contribution < 1.29 is 14.4 Å². The SMILES string of the molecule is CC(C)Oc1cc(CC[C@@H](C)N[S@+]([O-])C(C)(C)C)ccc1O. The Balaban J connectivity index is 2.57. The third-order valence-corrected chi connectivity index (χ3v) is 4.85. The van der Waals surface area contributed by atoms with E-state index in [-0.39, 0.29) is 22.6 Å². The quantitative estimate of drug-likeness (QED) is 0.752. The van der Waals surface area contributed by atoms with E-state index >= 15 is 0 Å². The second kappa shape index (κ2) is 8.09. The van der Waals surface area contributed by atoms with E-state index in [1.54, 1.807) is 6.07 Å². The van der Waals surface area contributed by atoms with Crippen LogP contribution in [0.25, 0.3) is 0 Å². The van der Waals surface area contributed by atoms with Crippen molar-refractivity contribution in [2.45, 2.75) is 71.3 Å². The highest BCUT2D eigenvalue weighted by atomic mass is 32.2. The van der Waals surface area contributed by atoms with E-state index in [0.29, 0.717) is 5.75 Å². The molecule has 0 aliphatic heterocycles. The topological polar surface area (TPSA) is 64.5 Å². The van der Waals surface area contributed by atoms with Gasteiger partial charge in [-0.1, -0.05) is 6.07 Å². The van der Waals surface area contributed by atoms with Crippen molar-refractivity contribution >= 4 is 11.4 Å². The molecule has 0 radical (unpaired) electrons. The van der Waals surface area contributed by atoms with Gasteiger partial charge in [-0.2, -0.15) is 0 Å². The number of hydrogen-bond acceptors (Lipinski definition) is 4. The van der Waals surface area contributed by atoms with Crippen molar-refractivity contribution in [3.05, 3.63) is 23.8 Å². The van der Waals surface area contributed by atoms with E-state index in [0.717, 1.165) is 18.4 Å². The molecule has 0 aliphatic carbocycles. The van der Waals surface area contributed by atoms with Crippen LogP contribution in [0.4, 0.5) is 0 Å². The number of nitrogens with one attached hydrogen (secondary N) is 1. The van der Waals surface area contributed by atoms with Gasteiger partial charge in [0, 0.05) is 11.4 Å². The fourth-order valence-corrected chi connectivity index (χ4v) is 2.70. The molecule has 2 N–H and O–H groups in total. The van der Waals surface area contributed by atoms with E-state index in [4.69, 9.17) is 4.74 Å². The predicted octanol–water partition coefficient (Wildman–Crippen LogP) is 3.55. The highest BCUT2D eigenvalue weighted by molar-refractivity contribution is 7.90. The molecule has 4 nitrogen and oxygen atoms in total. The van der Waals surface area contributed by atoms with Gasteiger partial charge in [0.2, 0.25) is 0 Å². The van der Waals surface area contributed by atoms with Crippen LogP contribution in [0.15, 0.2) is 18.2 Å². The Morgan fingerprint density at radius 3 is 2.45 bits per heavy atom. The molecular formula is C17H29NO3S. The first-order valence-corrected chi connectivity index (χ1v) is 8.91. The Morgan fingerprint density at radius 2 is 1.91 bits per heavy atom. The lowest BCUT2D eigenvalue weighted by Gasteiger charge is -2.26. The van der Waals surface area contributed by atoms with Gasteiger partial charge in [0.15, 0.2) is 11.5 Å². The van der Waals surface area contributed by atoms with Gasteiger partial charge in [-0.15, -0.1) is 4.72 Å². The Hall–Kier alpha value is -0.910. The smallest absolute Gasteiger partial charge is 0.161 e. The van der Waals surface area contributed by atoms with Gasteiger partial charge < -0.3 is 14.4 Å². The molecule has 22 heavy (non-hydrogen) atoms. The Morgan fingerprint density at radius 1 is 1.27 bits per heavy atom. The maximum absolute atomic E-state index is 12.1. The molecular weight excluding hydrogens is 298 g/mol. The van der Waals surface area contributed by atoms with Crippen LogP contribution < -0.4 is 9.46 Å². The van der Waals surface area contributed by atoms with E-state index in [2.05, 4.69) is 4.72 Å². The summed E-state index contributed by atoms with van der Waals surface area (Å²) in [6.07, 6.45) is 1.73. The molecule has 126 valence electrons. The summed E-state index contributed by atoms with van der Waals surface area (Å²) in [5.41, 5.74) is 1.10. The monoisotopic (exact) mass is 327 g/mol. The fraction of sp³-hybridized carbons (Fsp3) is 0.647. The number of aromatic hydroxyl groups is 1. The molecule has 0 saturated heterocycles. The Labute approximate surface area is 137 Å². The number of phenolic OH excluding ortho intramolecular Hbond substituents is 1. The van der Waals surface area contributed by atoms with Crippen molar-refractivity contribution in [2.24, 2.45) is 0 Å². The Bertz CT molecular complexity index is 471. The molecule has 0 spiro atoms. The van der Waals surface area contributed by atoms with Crippen molar-refractivity contribution in [1.29, 1.82) is 0 Å². The minimum atomic E-state index is -1.06. The maximum atomic E-state index is 12.1. The summed E-state index contributed by atoms with van der Waals surface area (Å²) in [5, 5.41) is 9.79. The molecule has 0 saturated carbocycles. The molecule has 1 aromatic rings. The van der Waals surface area contributed by atoms with Gasteiger partial charge in [0.1, 0.15) is 4.75 Å². The van der Waals surface area contributed by atoms with E-state index in [9.17, 15) is 9.66 Å². The number of phenols is 1. The van der Waals surface area contributed by atoms with Crippen LogP contribution in [-0.4, -0.2) is 26.6 Å². The summed E-state index contributed by atoms with van der Waals surface area (Å²) >= 11 is -1.06. The zero-order chi connectivity index (χ0) is 16.9. The first kappa shape index (κ1) is 19.1. The van der Waals surface area contributed by atoms with Crippen molar-refractivity contribution in [3.63, 3.8) is 0 Å². The molecule has 0 fully saturated rings. The molecule has 2 atom stereocenters. The van der Waals surface area contributed by atoms with E-state index in [1.165, 1.54) is 0 Å². The fourth-order valence-electron chi connectivity index (χ4n) is 1.86. The minimum Gasteiger partial charge on any atom is -0.598 e. The summed E-state index contributed by atoms with van der Waals surface area (Å²) in [6, 6.07) is 5.60. The van der Waals surface area contributed by atoms with Gasteiger partial charge in [-0.3, -0.25) is 0 Å². The third kappa shape index (κ3) is 6.46. The van der Waals surface area contributed by atoms with Crippen LogP contribution in [0.5, 0.6) is 11.5 Å². The summed E-state index contributed by atoms with van der Waals surface area (Å²) < 4.78 is 20.5. The zero-order valence-electron chi connectivity index (χ0n) is 14.5. The van der Waals surface area contributed by atoms with Crippen molar-refractivity contribution in [2.75, 3.05) is 0 Å². The van der Waals surface area contributed by atoms with Crippen LogP contribution in [0, 0.1) is 0 Å². The number of ether oxygens (including phenoxy) is 1. The second-order valence-corrected chi connectivity index (χ2v) is 8.91. The van der Waals surface area contributed by atoms with Gasteiger partial charge in [-0.05, 0) is 72.1 Å².